The van der Waals surface area contributed by atoms with Gasteiger partial charge < -0.3 is 9.84 Å². The molecule has 0 atom stereocenters. The molecule has 2 aromatic carbocycles. The zero-order chi connectivity index (χ0) is 15.0. The van der Waals surface area contributed by atoms with Crippen molar-refractivity contribution in [3.63, 3.8) is 0 Å². The maximum Gasteiger partial charge on any atom is 0.173 e. The second-order valence-corrected chi connectivity index (χ2v) is 4.20. The standard InChI is InChI=1S/C14H10BrFO2.CH4O/c15-9-14(17)10-1-5-12(6-2-10)18-13-7-3-11(16)4-8-13;1-2/h1-8H,9H2;2H,1H3. The van der Waals surface area contributed by atoms with E-state index < -0.39 is 0 Å². The predicted octanol–water partition coefficient (Wildman–Crippen LogP) is 3.80. The molecule has 0 bridgehead atoms. The molecule has 0 aliphatic rings. The Morgan fingerprint density at radius 2 is 1.50 bits per heavy atom. The molecule has 0 unspecified atom stereocenters. The average molecular weight is 341 g/mol. The number of aliphatic hydroxyl groups excluding tert-OH is 1. The van der Waals surface area contributed by atoms with Crippen molar-refractivity contribution in [2.75, 3.05) is 12.4 Å². The smallest absolute Gasteiger partial charge is 0.173 e. The topological polar surface area (TPSA) is 46.5 Å². The number of halogens is 2. The average Bonchev–Trinajstić information content (AvgIpc) is 2.51. The molecular formula is C15H14BrFO3. The fourth-order valence-corrected chi connectivity index (χ4v) is 1.75. The van der Waals surface area contributed by atoms with Gasteiger partial charge in [0.15, 0.2) is 5.78 Å². The summed E-state index contributed by atoms with van der Waals surface area (Å²) in [7, 11) is 1.00. The number of aliphatic hydroxyl groups is 1. The molecule has 0 amide bonds. The van der Waals surface area contributed by atoms with Gasteiger partial charge in [-0.1, -0.05) is 15.9 Å². The third-order valence-corrected chi connectivity index (χ3v) is 2.86. The van der Waals surface area contributed by atoms with Crippen LogP contribution in [-0.4, -0.2) is 23.3 Å². The van der Waals surface area contributed by atoms with Crippen molar-refractivity contribution in [2.45, 2.75) is 0 Å². The van der Waals surface area contributed by atoms with Crippen molar-refractivity contribution < 1.29 is 19.0 Å². The van der Waals surface area contributed by atoms with Crippen LogP contribution in [0.5, 0.6) is 11.5 Å². The van der Waals surface area contributed by atoms with Gasteiger partial charge in [-0.15, -0.1) is 0 Å². The molecule has 0 saturated carbocycles. The summed E-state index contributed by atoms with van der Waals surface area (Å²) >= 11 is 3.11. The largest absolute Gasteiger partial charge is 0.457 e. The molecule has 0 fully saturated rings. The van der Waals surface area contributed by atoms with Gasteiger partial charge in [0, 0.05) is 12.7 Å². The van der Waals surface area contributed by atoms with Crippen LogP contribution < -0.4 is 4.74 Å². The lowest BCUT2D eigenvalue weighted by atomic mass is 10.1. The second kappa shape index (κ2) is 8.45. The van der Waals surface area contributed by atoms with E-state index in [4.69, 9.17) is 9.84 Å². The van der Waals surface area contributed by atoms with Gasteiger partial charge in [-0.05, 0) is 48.5 Å². The van der Waals surface area contributed by atoms with Gasteiger partial charge in [0.25, 0.3) is 0 Å². The lowest BCUT2D eigenvalue weighted by molar-refractivity contribution is 0.102. The van der Waals surface area contributed by atoms with Crippen molar-refractivity contribution in [1.82, 2.24) is 0 Å². The van der Waals surface area contributed by atoms with E-state index in [0.29, 0.717) is 22.4 Å². The van der Waals surface area contributed by atoms with Crippen LogP contribution in [0.1, 0.15) is 10.4 Å². The van der Waals surface area contributed by atoms with Crippen LogP contribution in [0.4, 0.5) is 4.39 Å². The monoisotopic (exact) mass is 340 g/mol. The van der Waals surface area contributed by atoms with Gasteiger partial charge in [0.1, 0.15) is 17.3 Å². The Morgan fingerprint density at radius 3 is 1.95 bits per heavy atom. The SMILES string of the molecule is CO.O=C(CBr)c1ccc(Oc2ccc(F)cc2)cc1. The normalized spacial score (nSPS) is 9.40. The fourth-order valence-electron chi connectivity index (χ4n) is 1.42. The van der Waals surface area contributed by atoms with Gasteiger partial charge >= 0.3 is 0 Å². The van der Waals surface area contributed by atoms with Crippen molar-refractivity contribution >= 4 is 21.7 Å². The van der Waals surface area contributed by atoms with Gasteiger partial charge in [-0.2, -0.15) is 0 Å². The van der Waals surface area contributed by atoms with Crippen LogP contribution in [0.3, 0.4) is 0 Å². The molecule has 0 aliphatic carbocycles. The number of rotatable bonds is 4. The summed E-state index contributed by atoms with van der Waals surface area (Å²) in [5, 5.41) is 7.30. The highest BCUT2D eigenvalue weighted by Crippen LogP contribution is 2.22. The van der Waals surface area contributed by atoms with E-state index in [-0.39, 0.29) is 11.6 Å². The molecule has 1 N–H and O–H groups in total. The lowest BCUT2D eigenvalue weighted by Crippen LogP contribution is -1.99. The summed E-state index contributed by atoms with van der Waals surface area (Å²) in [6, 6.07) is 12.6. The Hall–Kier alpha value is -1.72. The van der Waals surface area contributed by atoms with Crippen molar-refractivity contribution in [3.05, 3.63) is 59.9 Å². The summed E-state index contributed by atoms with van der Waals surface area (Å²) in [5.74, 6) is 0.868. The van der Waals surface area contributed by atoms with Crippen molar-refractivity contribution in [3.8, 4) is 11.5 Å². The first-order valence-corrected chi connectivity index (χ1v) is 6.88. The number of alkyl halides is 1. The molecule has 0 aromatic heterocycles. The van der Waals surface area contributed by atoms with Crippen molar-refractivity contribution in [1.29, 1.82) is 0 Å². The highest BCUT2D eigenvalue weighted by atomic mass is 79.9. The van der Waals surface area contributed by atoms with E-state index >= 15 is 0 Å². The quantitative estimate of drug-likeness (QED) is 0.680. The van der Waals surface area contributed by atoms with Gasteiger partial charge in [-0.25, -0.2) is 4.39 Å². The number of carbonyl (C=O) groups excluding carboxylic acids is 1. The van der Waals surface area contributed by atoms with E-state index in [1.54, 1.807) is 36.4 Å². The first-order chi connectivity index (χ1) is 9.69. The van der Waals surface area contributed by atoms with Crippen LogP contribution in [0.2, 0.25) is 0 Å². The molecule has 0 heterocycles. The minimum atomic E-state index is -0.305. The Kier molecular flexibility index (Phi) is 6.90. The molecule has 0 aliphatic heterocycles. The van der Waals surface area contributed by atoms with Crippen LogP contribution in [0.15, 0.2) is 48.5 Å². The predicted molar refractivity (Wildman–Crippen MR) is 79.2 cm³/mol. The Bertz CT molecular complexity index is 538. The summed E-state index contributed by atoms with van der Waals surface area (Å²) in [5.41, 5.74) is 0.623. The number of Topliss-reactive ketones (excluding diaryl/α,β-unsaturated/α-hetero) is 1. The summed E-state index contributed by atoms with van der Waals surface area (Å²) < 4.78 is 18.2. The third-order valence-electron chi connectivity index (χ3n) is 2.35. The van der Waals surface area contributed by atoms with Gasteiger partial charge in [0.2, 0.25) is 0 Å². The zero-order valence-corrected chi connectivity index (χ0v) is 12.4. The number of ketones is 1. The van der Waals surface area contributed by atoms with E-state index in [9.17, 15) is 9.18 Å². The van der Waals surface area contributed by atoms with Crippen LogP contribution in [-0.2, 0) is 0 Å². The second-order valence-electron chi connectivity index (χ2n) is 3.64. The lowest BCUT2D eigenvalue weighted by Gasteiger charge is -2.06. The first kappa shape index (κ1) is 16.3. The summed E-state index contributed by atoms with van der Waals surface area (Å²) in [6.45, 7) is 0. The van der Waals surface area contributed by atoms with E-state index in [1.165, 1.54) is 12.1 Å². The van der Waals surface area contributed by atoms with Gasteiger partial charge in [0.05, 0.1) is 5.33 Å². The highest BCUT2D eigenvalue weighted by Gasteiger charge is 2.04. The van der Waals surface area contributed by atoms with E-state index in [2.05, 4.69) is 15.9 Å². The molecule has 20 heavy (non-hydrogen) atoms. The zero-order valence-electron chi connectivity index (χ0n) is 10.8. The molecular weight excluding hydrogens is 327 g/mol. The summed E-state index contributed by atoms with van der Waals surface area (Å²) in [4.78, 5) is 11.4. The maximum absolute atomic E-state index is 12.7. The number of hydrogen-bond donors (Lipinski definition) is 1. The van der Waals surface area contributed by atoms with E-state index in [0.717, 1.165) is 7.11 Å². The number of carbonyl (C=O) groups is 1. The molecule has 2 aromatic rings. The first-order valence-electron chi connectivity index (χ1n) is 5.76. The third kappa shape index (κ3) is 4.75. The fraction of sp³-hybridized carbons (Fsp3) is 0.133. The van der Waals surface area contributed by atoms with Crippen LogP contribution in [0, 0.1) is 5.82 Å². The Labute approximate surface area is 125 Å². The number of ether oxygens (including phenoxy) is 1. The van der Waals surface area contributed by atoms with Crippen molar-refractivity contribution in [2.24, 2.45) is 0 Å². The molecule has 2 rings (SSSR count). The molecule has 3 nitrogen and oxygen atoms in total. The minimum absolute atomic E-state index is 0.0170. The van der Waals surface area contributed by atoms with Crippen LogP contribution in [0.25, 0.3) is 0 Å². The van der Waals surface area contributed by atoms with Crippen LogP contribution >= 0.6 is 15.9 Å². The highest BCUT2D eigenvalue weighted by molar-refractivity contribution is 9.09. The maximum atomic E-state index is 12.7. The molecule has 0 saturated heterocycles. The molecule has 0 spiro atoms. The summed E-state index contributed by atoms with van der Waals surface area (Å²) in [6.07, 6.45) is 0. The van der Waals surface area contributed by atoms with Gasteiger partial charge in [-0.3, -0.25) is 4.79 Å². The minimum Gasteiger partial charge on any atom is -0.457 e. The van der Waals surface area contributed by atoms with E-state index in [1.807, 2.05) is 0 Å². The molecule has 0 radical (unpaired) electrons. The Balaban J connectivity index is 0.000000956. The number of hydrogen-bond acceptors (Lipinski definition) is 3. The molecule has 5 heteroatoms. The molecule has 106 valence electrons. The number of benzene rings is 2. The Morgan fingerprint density at radius 1 is 1.05 bits per heavy atom.